The van der Waals surface area contributed by atoms with Crippen LogP contribution in [-0.2, 0) is 6.54 Å². The van der Waals surface area contributed by atoms with Gasteiger partial charge in [0.2, 0.25) is 0 Å². The highest BCUT2D eigenvalue weighted by molar-refractivity contribution is 7.99. The SMILES string of the molecule is O=C(O)c1cn(CC2CCSCC2)c(=O)[nH]c1=O. The third-order valence-corrected chi connectivity index (χ3v) is 4.09. The fourth-order valence-corrected chi connectivity index (χ4v) is 3.21. The summed E-state index contributed by atoms with van der Waals surface area (Å²) in [6.07, 6.45) is 3.17. The molecule has 0 amide bonds. The molecule has 98 valence electrons. The normalized spacial score (nSPS) is 16.7. The zero-order valence-corrected chi connectivity index (χ0v) is 10.5. The van der Waals surface area contributed by atoms with E-state index in [4.69, 9.17) is 5.11 Å². The quantitative estimate of drug-likeness (QED) is 0.828. The van der Waals surface area contributed by atoms with E-state index in [1.54, 1.807) is 0 Å². The summed E-state index contributed by atoms with van der Waals surface area (Å²) in [5, 5.41) is 8.85. The number of carboxylic acid groups (broad SMARTS) is 1. The van der Waals surface area contributed by atoms with Crippen molar-refractivity contribution in [2.45, 2.75) is 19.4 Å². The van der Waals surface area contributed by atoms with Crippen LogP contribution < -0.4 is 11.2 Å². The minimum Gasteiger partial charge on any atom is -0.477 e. The number of aromatic amines is 1. The second-order valence-electron chi connectivity index (χ2n) is 4.32. The van der Waals surface area contributed by atoms with E-state index in [0.29, 0.717) is 12.5 Å². The Hall–Kier alpha value is -1.50. The number of thioether (sulfide) groups is 1. The van der Waals surface area contributed by atoms with Crippen LogP contribution >= 0.6 is 11.8 Å². The van der Waals surface area contributed by atoms with Gasteiger partial charge in [0.1, 0.15) is 5.56 Å². The van der Waals surface area contributed by atoms with Gasteiger partial charge < -0.3 is 5.11 Å². The van der Waals surface area contributed by atoms with Gasteiger partial charge in [-0.15, -0.1) is 0 Å². The Morgan fingerprint density at radius 1 is 1.44 bits per heavy atom. The van der Waals surface area contributed by atoms with E-state index < -0.39 is 17.2 Å². The lowest BCUT2D eigenvalue weighted by atomic mass is 10.0. The minimum atomic E-state index is -1.32. The van der Waals surface area contributed by atoms with Crippen molar-refractivity contribution >= 4 is 17.7 Å². The van der Waals surface area contributed by atoms with Gasteiger partial charge in [-0.05, 0) is 30.3 Å². The molecule has 0 atom stereocenters. The first-order valence-electron chi connectivity index (χ1n) is 5.72. The predicted molar refractivity (Wildman–Crippen MR) is 68.3 cm³/mol. The highest BCUT2D eigenvalue weighted by Crippen LogP contribution is 2.23. The van der Waals surface area contributed by atoms with Gasteiger partial charge in [-0.2, -0.15) is 11.8 Å². The van der Waals surface area contributed by atoms with Gasteiger partial charge in [-0.3, -0.25) is 14.3 Å². The Morgan fingerprint density at radius 2 is 2.11 bits per heavy atom. The lowest BCUT2D eigenvalue weighted by Crippen LogP contribution is -2.35. The first-order chi connectivity index (χ1) is 8.58. The van der Waals surface area contributed by atoms with Crippen molar-refractivity contribution in [3.05, 3.63) is 32.6 Å². The zero-order chi connectivity index (χ0) is 13.1. The van der Waals surface area contributed by atoms with E-state index in [1.807, 2.05) is 16.7 Å². The number of H-pyrrole nitrogens is 1. The summed E-state index contributed by atoms with van der Waals surface area (Å²) in [6, 6.07) is 0. The van der Waals surface area contributed by atoms with Crippen LogP contribution in [0.4, 0.5) is 0 Å². The number of hydrogen-bond donors (Lipinski definition) is 2. The van der Waals surface area contributed by atoms with Gasteiger partial charge in [0.05, 0.1) is 0 Å². The zero-order valence-electron chi connectivity index (χ0n) is 9.72. The molecule has 0 saturated carbocycles. The van der Waals surface area contributed by atoms with Crippen molar-refractivity contribution in [1.82, 2.24) is 9.55 Å². The smallest absolute Gasteiger partial charge is 0.342 e. The average Bonchev–Trinajstić information content (AvgIpc) is 2.33. The maximum absolute atomic E-state index is 11.6. The summed E-state index contributed by atoms with van der Waals surface area (Å²) in [7, 11) is 0. The van der Waals surface area contributed by atoms with E-state index in [0.717, 1.165) is 30.5 Å². The molecule has 18 heavy (non-hydrogen) atoms. The summed E-state index contributed by atoms with van der Waals surface area (Å²) >= 11 is 1.88. The van der Waals surface area contributed by atoms with Crippen molar-refractivity contribution in [3.8, 4) is 0 Å². The summed E-state index contributed by atoms with van der Waals surface area (Å²) in [4.78, 5) is 35.8. The number of carbonyl (C=O) groups is 1. The van der Waals surface area contributed by atoms with Crippen LogP contribution in [0.1, 0.15) is 23.2 Å². The largest absolute Gasteiger partial charge is 0.477 e. The summed E-state index contributed by atoms with van der Waals surface area (Å²) in [5.41, 5.74) is -1.77. The van der Waals surface area contributed by atoms with Crippen molar-refractivity contribution in [2.24, 2.45) is 5.92 Å². The number of nitrogens with zero attached hydrogens (tertiary/aromatic N) is 1. The molecule has 1 aliphatic rings. The number of nitrogens with one attached hydrogen (secondary N) is 1. The third-order valence-electron chi connectivity index (χ3n) is 3.04. The molecule has 0 spiro atoms. The summed E-state index contributed by atoms with van der Waals surface area (Å²) < 4.78 is 1.30. The summed E-state index contributed by atoms with van der Waals surface area (Å²) in [6.45, 7) is 0.469. The number of aromatic nitrogens is 2. The van der Waals surface area contributed by atoms with E-state index in [1.165, 1.54) is 4.57 Å². The molecule has 1 fully saturated rings. The molecule has 2 heterocycles. The second kappa shape index (κ2) is 5.43. The van der Waals surface area contributed by atoms with Gasteiger partial charge in [0.15, 0.2) is 0 Å². The van der Waals surface area contributed by atoms with Crippen LogP contribution in [0.15, 0.2) is 15.8 Å². The topological polar surface area (TPSA) is 92.2 Å². The Labute approximate surface area is 107 Å². The third kappa shape index (κ3) is 2.84. The molecule has 2 rings (SSSR count). The fourth-order valence-electron chi connectivity index (χ4n) is 2.00. The molecule has 0 bridgehead atoms. The highest BCUT2D eigenvalue weighted by Gasteiger charge is 2.17. The van der Waals surface area contributed by atoms with Gasteiger partial charge >= 0.3 is 11.7 Å². The molecule has 6 nitrogen and oxygen atoms in total. The van der Waals surface area contributed by atoms with Gasteiger partial charge in [-0.1, -0.05) is 0 Å². The van der Waals surface area contributed by atoms with E-state index >= 15 is 0 Å². The molecule has 1 aliphatic heterocycles. The maximum Gasteiger partial charge on any atom is 0.342 e. The van der Waals surface area contributed by atoms with Gasteiger partial charge in [0, 0.05) is 12.7 Å². The molecule has 1 aromatic heterocycles. The van der Waals surface area contributed by atoms with Crippen LogP contribution in [0, 0.1) is 5.92 Å². The Bertz CT molecular complexity index is 557. The number of hydrogen-bond acceptors (Lipinski definition) is 4. The molecule has 2 N–H and O–H groups in total. The average molecular weight is 270 g/mol. The molecule has 0 unspecified atom stereocenters. The summed E-state index contributed by atoms with van der Waals surface area (Å²) in [5.74, 6) is 1.18. The number of rotatable bonds is 3. The van der Waals surface area contributed by atoms with Gasteiger partial charge in [0.25, 0.3) is 5.56 Å². The lowest BCUT2D eigenvalue weighted by Gasteiger charge is -2.21. The van der Waals surface area contributed by atoms with Crippen molar-refractivity contribution in [1.29, 1.82) is 0 Å². The number of aromatic carboxylic acids is 1. The standard InChI is InChI=1S/C11H14N2O4S/c14-9-8(10(15)16)6-13(11(17)12-9)5-7-1-3-18-4-2-7/h6-7H,1-5H2,(H,15,16)(H,12,14,17). The minimum absolute atomic E-state index is 0.372. The molecule has 0 radical (unpaired) electrons. The predicted octanol–water partition coefficient (Wildman–Crippen LogP) is 0.378. The first-order valence-corrected chi connectivity index (χ1v) is 6.88. The van der Waals surface area contributed by atoms with Crippen LogP contribution in [0.5, 0.6) is 0 Å². The van der Waals surface area contributed by atoms with Crippen molar-refractivity contribution < 1.29 is 9.90 Å². The van der Waals surface area contributed by atoms with Crippen LogP contribution in [0.3, 0.4) is 0 Å². The Morgan fingerprint density at radius 3 is 2.72 bits per heavy atom. The van der Waals surface area contributed by atoms with E-state index in [9.17, 15) is 14.4 Å². The van der Waals surface area contributed by atoms with Gasteiger partial charge in [-0.25, -0.2) is 9.59 Å². The van der Waals surface area contributed by atoms with Crippen molar-refractivity contribution in [2.75, 3.05) is 11.5 Å². The van der Waals surface area contributed by atoms with E-state index in [-0.39, 0.29) is 5.56 Å². The Balaban J connectivity index is 2.26. The Kier molecular flexibility index (Phi) is 3.90. The monoisotopic (exact) mass is 270 g/mol. The molecule has 1 aromatic rings. The maximum atomic E-state index is 11.6. The molecular formula is C11H14N2O4S. The molecule has 0 aromatic carbocycles. The van der Waals surface area contributed by atoms with Crippen LogP contribution in [-0.4, -0.2) is 32.1 Å². The molecule has 7 heteroatoms. The lowest BCUT2D eigenvalue weighted by molar-refractivity contribution is 0.0693. The second-order valence-corrected chi connectivity index (χ2v) is 5.54. The molecular weight excluding hydrogens is 256 g/mol. The fraction of sp³-hybridized carbons (Fsp3) is 0.545. The molecule has 0 aliphatic carbocycles. The first kappa shape index (κ1) is 12.9. The molecule has 1 saturated heterocycles. The number of carboxylic acids is 1. The van der Waals surface area contributed by atoms with E-state index in [2.05, 4.69) is 0 Å². The van der Waals surface area contributed by atoms with Crippen LogP contribution in [0.2, 0.25) is 0 Å². The van der Waals surface area contributed by atoms with Crippen molar-refractivity contribution in [3.63, 3.8) is 0 Å². The van der Waals surface area contributed by atoms with Crippen LogP contribution in [0.25, 0.3) is 0 Å². The highest BCUT2D eigenvalue weighted by atomic mass is 32.2.